The van der Waals surface area contributed by atoms with Crippen LogP contribution in [0.5, 0.6) is 0 Å². The Morgan fingerprint density at radius 2 is 2.03 bits per heavy atom. The van der Waals surface area contributed by atoms with E-state index in [9.17, 15) is 14.7 Å². The van der Waals surface area contributed by atoms with Gasteiger partial charge in [-0.3, -0.25) is 9.69 Å². The predicted molar refractivity (Wildman–Crippen MR) is 122 cm³/mol. The fourth-order valence-corrected chi connectivity index (χ4v) is 4.74. The van der Waals surface area contributed by atoms with Gasteiger partial charge in [0.05, 0.1) is 24.8 Å². The van der Waals surface area contributed by atoms with Crippen molar-refractivity contribution in [1.82, 2.24) is 15.5 Å². The molecule has 3 heterocycles. The first kappa shape index (κ1) is 24.9. The number of hydrogen-bond acceptors (Lipinski definition) is 8. The summed E-state index contributed by atoms with van der Waals surface area (Å²) in [5.74, 6) is 0.296. The number of nitrogens with one attached hydrogen (secondary N) is 2. The van der Waals surface area contributed by atoms with Crippen molar-refractivity contribution in [2.24, 2.45) is 5.92 Å². The molecule has 3 fully saturated rings. The molecule has 0 saturated carbocycles. The lowest BCUT2D eigenvalue weighted by molar-refractivity contribution is -0.124. The predicted octanol–water partition coefficient (Wildman–Crippen LogP) is 0.629. The first-order valence-corrected chi connectivity index (χ1v) is 12.0. The summed E-state index contributed by atoms with van der Waals surface area (Å²) < 4.78 is 21.7. The number of rotatable bonds is 10. The first-order chi connectivity index (χ1) is 16.4. The molecule has 34 heavy (non-hydrogen) atoms. The van der Waals surface area contributed by atoms with Crippen molar-refractivity contribution in [3.63, 3.8) is 0 Å². The van der Waals surface area contributed by atoms with E-state index in [1.807, 2.05) is 35.2 Å². The fraction of sp³-hybridized carbons (Fsp3) is 0.667. The third kappa shape index (κ3) is 6.25. The van der Waals surface area contributed by atoms with Crippen LogP contribution in [0, 0.1) is 5.92 Å². The number of carbonyl (C=O) groups is 2. The number of aliphatic hydroxyl groups excluding tert-OH is 1. The van der Waals surface area contributed by atoms with E-state index in [1.165, 1.54) is 0 Å². The standard InChI is InChI=1S/C24H35N3O7/c1-15(2)11-27(18-8-9-25-22(18)29)12-19(28)17(10-16-6-4-3-5-7-16)26-24(30)34-20-13-31-23-21(20)32-14-33-23/h3-7,15,17-21,23,28H,8-14H2,1-2H3,(H,25,29)(H,26,30)/t17-,18-,19+,20-,21-,23-/m0/s1. The highest BCUT2D eigenvalue weighted by Gasteiger charge is 2.45. The summed E-state index contributed by atoms with van der Waals surface area (Å²) in [7, 11) is 0. The average molecular weight is 478 g/mol. The smallest absolute Gasteiger partial charge is 0.407 e. The summed E-state index contributed by atoms with van der Waals surface area (Å²) in [6.07, 6.45) is -2.02. The van der Waals surface area contributed by atoms with Crippen molar-refractivity contribution in [3.05, 3.63) is 35.9 Å². The first-order valence-electron chi connectivity index (χ1n) is 12.0. The number of carbonyl (C=O) groups excluding carboxylic acids is 2. The van der Waals surface area contributed by atoms with Gasteiger partial charge in [0.25, 0.3) is 0 Å². The molecule has 6 atom stereocenters. The van der Waals surface area contributed by atoms with Gasteiger partial charge in [0.2, 0.25) is 5.91 Å². The Morgan fingerprint density at radius 3 is 2.74 bits per heavy atom. The van der Waals surface area contributed by atoms with E-state index in [0.29, 0.717) is 31.8 Å². The van der Waals surface area contributed by atoms with Crippen LogP contribution in [0.1, 0.15) is 25.8 Å². The molecule has 10 nitrogen and oxygen atoms in total. The zero-order valence-electron chi connectivity index (χ0n) is 19.7. The lowest BCUT2D eigenvalue weighted by Crippen LogP contribution is -2.53. The van der Waals surface area contributed by atoms with Gasteiger partial charge in [0, 0.05) is 19.6 Å². The van der Waals surface area contributed by atoms with E-state index in [1.54, 1.807) is 0 Å². The zero-order chi connectivity index (χ0) is 24.1. The van der Waals surface area contributed by atoms with Crippen LogP contribution in [0.2, 0.25) is 0 Å². The van der Waals surface area contributed by atoms with Gasteiger partial charge in [-0.05, 0) is 24.3 Å². The number of benzene rings is 1. The number of alkyl carbamates (subject to hydrolysis) is 1. The monoisotopic (exact) mass is 477 g/mol. The molecule has 0 aromatic heterocycles. The highest BCUT2D eigenvalue weighted by molar-refractivity contribution is 5.83. The maximum absolute atomic E-state index is 12.8. The molecule has 188 valence electrons. The SMILES string of the molecule is CC(C)CN(C[C@@H](O)[C@H](Cc1ccccc1)NC(=O)O[C@H]1CO[C@H]2OCO[C@H]21)[C@H]1CCNC1=O. The highest BCUT2D eigenvalue weighted by Crippen LogP contribution is 2.26. The summed E-state index contributed by atoms with van der Waals surface area (Å²) in [5.41, 5.74) is 0.970. The summed E-state index contributed by atoms with van der Waals surface area (Å²) in [4.78, 5) is 27.1. The molecule has 1 aromatic carbocycles. The Bertz CT molecular complexity index is 824. The fourth-order valence-electron chi connectivity index (χ4n) is 4.74. The number of fused-ring (bicyclic) bond motifs is 1. The molecule has 0 spiro atoms. The Labute approximate surface area is 199 Å². The van der Waals surface area contributed by atoms with Gasteiger partial charge < -0.3 is 34.7 Å². The van der Waals surface area contributed by atoms with Gasteiger partial charge in [-0.15, -0.1) is 0 Å². The molecule has 1 aromatic rings. The Balaban J connectivity index is 1.43. The third-order valence-electron chi connectivity index (χ3n) is 6.36. The third-order valence-corrected chi connectivity index (χ3v) is 6.36. The van der Waals surface area contributed by atoms with Crippen LogP contribution in [0.15, 0.2) is 30.3 Å². The van der Waals surface area contributed by atoms with E-state index < -0.39 is 36.7 Å². The van der Waals surface area contributed by atoms with E-state index in [0.717, 1.165) is 5.56 Å². The van der Waals surface area contributed by atoms with Gasteiger partial charge in [0.15, 0.2) is 25.3 Å². The van der Waals surface area contributed by atoms with E-state index in [-0.39, 0.29) is 31.9 Å². The van der Waals surface area contributed by atoms with Gasteiger partial charge >= 0.3 is 6.09 Å². The minimum atomic E-state index is -0.918. The van der Waals surface area contributed by atoms with Crippen LogP contribution >= 0.6 is 0 Å². The van der Waals surface area contributed by atoms with Crippen LogP contribution in [-0.2, 0) is 30.2 Å². The molecule has 0 unspecified atom stereocenters. The van der Waals surface area contributed by atoms with Gasteiger partial charge in [-0.1, -0.05) is 44.2 Å². The largest absolute Gasteiger partial charge is 0.441 e. The molecule has 3 N–H and O–H groups in total. The van der Waals surface area contributed by atoms with E-state index in [2.05, 4.69) is 24.5 Å². The molecular weight excluding hydrogens is 442 g/mol. The second kappa shape index (κ2) is 11.5. The number of ether oxygens (including phenoxy) is 4. The average Bonchev–Trinajstić information content (AvgIpc) is 3.52. The normalized spacial score (nSPS) is 28.1. The molecule has 10 heteroatoms. The topological polar surface area (TPSA) is 119 Å². The maximum Gasteiger partial charge on any atom is 0.407 e. The second-order valence-electron chi connectivity index (χ2n) is 9.51. The molecule has 0 aliphatic carbocycles. The number of aliphatic hydroxyl groups is 1. The summed E-state index contributed by atoms with van der Waals surface area (Å²) in [6.45, 7) is 5.99. The van der Waals surface area contributed by atoms with Crippen LogP contribution in [0.3, 0.4) is 0 Å². The van der Waals surface area contributed by atoms with Gasteiger partial charge in [-0.25, -0.2) is 4.79 Å². The lowest BCUT2D eigenvalue weighted by Gasteiger charge is -2.33. The van der Waals surface area contributed by atoms with Crippen molar-refractivity contribution < 1.29 is 33.6 Å². The Kier molecular flexibility index (Phi) is 8.38. The summed E-state index contributed by atoms with van der Waals surface area (Å²) in [5, 5.41) is 17.0. The second-order valence-corrected chi connectivity index (χ2v) is 9.51. The highest BCUT2D eigenvalue weighted by atomic mass is 16.8. The molecule has 0 radical (unpaired) electrons. The minimum Gasteiger partial charge on any atom is -0.441 e. The molecule has 0 bridgehead atoms. The van der Waals surface area contributed by atoms with Gasteiger partial charge in [-0.2, -0.15) is 0 Å². The van der Waals surface area contributed by atoms with Crippen molar-refractivity contribution >= 4 is 12.0 Å². The van der Waals surface area contributed by atoms with Gasteiger partial charge in [0.1, 0.15) is 0 Å². The van der Waals surface area contributed by atoms with Crippen LogP contribution < -0.4 is 10.6 Å². The van der Waals surface area contributed by atoms with Crippen molar-refractivity contribution in [1.29, 1.82) is 0 Å². The van der Waals surface area contributed by atoms with Crippen LogP contribution in [0.25, 0.3) is 0 Å². The molecule has 3 saturated heterocycles. The van der Waals surface area contributed by atoms with Crippen molar-refractivity contribution in [2.45, 2.75) is 63.4 Å². The van der Waals surface area contributed by atoms with Crippen molar-refractivity contribution in [2.75, 3.05) is 33.0 Å². The van der Waals surface area contributed by atoms with Crippen molar-refractivity contribution in [3.8, 4) is 0 Å². The summed E-state index contributed by atoms with van der Waals surface area (Å²) >= 11 is 0. The molecule has 3 aliphatic rings. The minimum absolute atomic E-state index is 0.0191. The molecular formula is C24H35N3O7. The van der Waals surface area contributed by atoms with Crippen LogP contribution in [-0.4, -0.2) is 91.7 Å². The Morgan fingerprint density at radius 1 is 1.24 bits per heavy atom. The molecule has 3 aliphatic heterocycles. The summed E-state index contributed by atoms with van der Waals surface area (Å²) in [6, 6.07) is 8.74. The van der Waals surface area contributed by atoms with E-state index >= 15 is 0 Å². The van der Waals surface area contributed by atoms with E-state index in [4.69, 9.17) is 18.9 Å². The molecule has 2 amide bonds. The quantitative estimate of drug-likeness (QED) is 0.449. The molecule has 4 rings (SSSR count). The lowest BCUT2D eigenvalue weighted by atomic mass is 9.99. The maximum atomic E-state index is 12.8. The van der Waals surface area contributed by atoms with Crippen LogP contribution in [0.4, 0.5) is 4.79 Å². The number of amides is 2. The zero-order valence-corrected chi connectivity index (χ0v) is 19.7. The Hall–Kier alpha value is -2.24. The number of hydrogen-bond donors (Lipinski definition) is 3. The number of nitrogens with zero attached hydrogens (tertiary/aromatic N) is 1.